The van der Waals surface area contributed by atoms with Crippen molar-refractivity contribution in [3.8, 4) is 5.75 Å². The van der Waals surface area contributed by atoms with Crippen molar-refractivity contribution in [1.29, 1.82) is 0 Å². The predicted molar refractivity (Wildman–Crippen MR) is 79.3 cm³/mol. The van der Waals surface area contributed by atoms with Crippen molar-refractivity contribution in [2.45, 2.75) is 25.9 Å². The quantitative estimate of drug-likeness (QED) is 0.866. The number of hydrogen-bond donors (Lipinski definition) is 1. The molecule has 0 aromatic heterocycles. The van der Waals surface area contributed by atoms with Crippen molar-refractivity contribution < 1.29 is 19.1 Å². The number of para-hydroxylation sites is 2. The number of carbonyl (C=O) groups excluding carboxylic acids is 2. The third-order valence-corrected chi connectivity index (χ3v) is 5.23. The normalized spacial score (nSPS) is 34.6. The van der Waals surface area contributed by atoms with Gasteiger partial charge in [0.2, 0.25) is 5.91 Å². The lowest BCUT2D eigenvalue weighted by Gasteiger charge is -2.24. The van der Waals surface area contributed by atoms with E-state index in [0.29, 0.717) is 18.0 Å². The first-order valence-corrected chi connectivity index (χ1v) is 7.92. The van der Waals surface area contributed by atoms with Crippen LogP contribution < -0.4 is 10.1 Å². The average molecular weight is 301 g/mol. The summed E-state index contributed by atoms with van der Waals surface area (Å²) >= 11 is 0. The second-order valence-corrected chi connectivity index (χ2v) is 6.34. The van der Waals surface area contributed by atoms with Gasteiger partial charge < -0.3 is 14.8 Å². The second-order valence-electron chi connectivity index (χ2n) is 6.34. The van der Waals surface area contributed by atoms with E-state index in [4.69, 9.17) is 9.47 Å². The van der Waals surface area contributed by atoms with Crippen LogP contribution in [-0.2, 0) is 14.3 Å². The van der Waals surface area contributed by atoms with Crippen molar-refractivity contribution >= 4 is 17.6 Å². The molecule has 1 aliphatic heterocycles. The Morgan fingerprint density at radius 1 is 1.36 bits per heavy atom. The number of carbonyl (C=O) groups is 2. The van der Waals surface area contributed by atoms with Crippen molar-refractivity contribution in [2.75, 3.05) is 11.9 Å². The van der Waals surface area contributed by atoms with Crippen molar-refractivity contribution in [1.82, 2.24) is 0 Å². The molecular formula is C17H19NO4. The van der Waals surface area contributed by atoms with E-state index in [9.17, 15) is 9.59 Å². The van der Waals surface area contributed by atoms with E-state index in [1.807, 2.05) is 31.2 Å². The van der Waals surface area contributed by atoms with Crippen molar-refractivity contribution in [3.05, 3.63) is 24.3 Å². The Labute approximate surface area is 129 Å². The Kier molecular flexibility index (Phi) is 3.10. The number of fused-ring (bicyclic) bond motifs is 1. The van der Waals surface area contributed by atoms with Gasteiger partial charge in [0.1, 0.15) is 11.9 Å². The molecule has 1 amide bonds. The standard InChI is InChI=1S/C17H19NO4/c1-2-21-12-6-4-3-5-11(12)18-16(19)14-9-7-10-13(8-9)22-17(20)15(10)14/h3-6,9-10,13-15H,2,7-8H2,1H3,(H,18,19)/t9-,10+,13-,14+,15+/m1/s1. The van der Waals surface area contributed by atoms with E-state index in [0.717, 1.165) is 12.8 Å². The summed E-state index contributed by atoms with van der Waals surface area (Å²) in [6.07, 6.45) is 1.83. The van der Waals surface area contributed by atoms with Gasteiger partial charge in [-0.05, 0) is 37.8 Å². The molecule has 1 N–H and O–H groups in total. The largest absolute Gasteiger partial charge is 0.492 e. The maximum absolute atomic E-state index is 12.7. The van der Waals surface area contributed by atoms with E-state index in [2.05, 4.69) is 5.32 Å². The van der Waals surface area contributed by atoms with Crippen LogP contribution >= 0.6 is 0 Å². The second kappa shape index (κ2) is 5.00. The fourth-order valence-corrected chi connectivity index (χ4v) is 4.43. The van der Waals surface area contributed by atoms with E-state index < -0.39 is 0 Å². The van der Waals surface area contributed by atoms with Crippen LogP contribution in [0.4, 0.5) is 5.69 Å². The molecular weight excluding hydrogens is 282 g/mol. The van der Waals surface area contributed by atoms with Gasteiger partial charge in [0, 0.05) is 5.92 Å². The maximum Gasteiger partial charge on any atom is 0.310 e. The Balaban J connectivity index is 1.55. The monoisotopic (exact) mass is 301 g/mol. The van der Waals surface area contributed by atoms with Crippen LogP contribution in [0.15, 0.2) is 24.3 Å². The minimum absolute atomic E-state index is 0.0576. The summed E-state index contributed by atoms with van der Waals surface area (Å²) < 4.78 is 10.9. The summed E-state index contributed by atoms with van der Waals surface area (Å²) in [5, 5.41) is 2.95. The number of anilines is 1. The van der Waals surface area contributed by atoms with Crippen molar-refractivity contribution in [3.63, 3.8) is 0 Å². The zero-order valence-electron chi connectivity index (χ0n) is 12.5. The van der Waals surface area contributed by atoms with Gasteiger partial charge in [-0.3, -0.25) is 9.59 Å². The van der Waals surface area contributed by atoms with Crippen LogP contribution in [0.25, 0.3) is 0 Å². The predicted octanol–water partition coefficient (Wildman–Crippen LogP) is 2.22. The molecule has 1 aromatic carbocycles. The molecule has 0 unspecified atom stereocenters. The smallest absolute Gasteiger partial charge is 0.310 e. The molecule has 0 spiro atoms. The minimum Gasteiger partial charge on any atom is -0.492 e. The first kappa shape index (κ1) is 13.6. The van der Waals surface area contributed by atoms with Crippen LogP contribution in [0.5, 0.6) is 5.75 Å². The number of amides is 1. The highest BCUT2D eigenvalue weighted by Gasteiger charge is 2.63. The van der Waals surface area contributed by atoms with Gasteiger partial charge in [-0.1, -0.05) is 12.1 Å². The van der Waals surface area contributed by atoms with Crippen LogP contribution in [0.3, 0.4) is 0 Å². The van der Waals surface area contributed by atoms with Gasteiger partial charge in [-0.2, -0.15) is 0 Å². The number of benzene rings is 1. The van der Waals surface area contributed by atoms with E-state index in [-0.39, 0.29) is 41.7 Å². The number of hydrogen-bond acceptors (Lipinski definition) is 4. The molecule has 2 bridgehead atoms. The third kappa shape index (κ3) is 1.91. The van der Waals surface area contributed by atoms with Gasteiger partial charge in [-0.15, -0.1) is 0 Å². The zero-order chi connectivity index (χ0) is 15.3. The summed E-state index contributed by atoms with van der Waals surface area (Å²) in [7, 11) is 0. The van der Waals surface area contributed by atoms with Gasteiger partial charge in [0.15, 0.2) is 0 Å². The Hall–Kier alpha value is -2.04. The first-order valence-electron chi connectivity index (χ1n) is 7.92. The lowest BCUT2D eigenvalue weighted by molar-refractivity contribution is -0.145. The van der Waals surface area contributed by atoms with Gasteiger partial charge in [0.05, 0.1) is 24.1 Å². The molecule has 3 aliphatic rings. The third-order valence-electron chi connectivity index (χ3n) is 5.23. The molecule has 2 saturated carbocycles. The Morgan fingerprint density at radius 3 is 3.00 bits per heavy atom. The topological polar surface area (TPSA) is 64.6 Å². The van der Waals surface area contributed by atoms with Crippen LogP contribution in [0.2, 0.25) is 0 Å². The molecule has 5 heteroatoms. The van der Waals surface area contributed by atoms with E-state index >= 15 is 0 Å². The van der Waals surface area contributed by atoms with Crippen LogP contribution in [0.1, 0.15) is 19.8 Å². The van der Waals surface area contributed by atoms with E-state index in [1.54, 1.807) is 0 Å². The summed E-state index contributed by atoms with van der Waals surface area (Å²) in [6.45, 7) is 2.45. The summed E-state index contributed by atoms with van der Waals surface area (Å²) in [5.74, 6) is 0.401. The molecule has 22 heavy (non-hydrogen) atoms. The summed E-state index contributed by atoms with van der Waals surface area (Å²) in [4.78, 5) is 24.7. The molecule has 1 aromatic rings. The van der Waals surface area contributed by atoms with Gasteiger partial charge in [-0.25, -0.2) is 0 Å². The average Bonchev–Trinajstić information content (AvgIpc) is 3.11. The highest BCUT2D eigenvalue weighted by molar-refractivity contribution is 5.97. The molecule has 1 saturated heterocycles. The molecule has 5 atom stereocenters. The fraction of sp³-hybridized carbons (Fsp3) is 0.529. The van der Waals surface area contributed by atoms with Gasteiger partial charge >= 0.3 is 5.97 Å². The summed E-state index contributed by atoms with van der Waals surface area (Å²) in [6, 6.07) is 7.39. The SMILES string of the molecule is CCOc1ccccc1NC(=O)[C@H]1[C@@H]2C[C@@H]3[C@@H]1C(=O)O[C@@H]3C2. The molecule has 0 radical (unpaired) electrons. The maximum atomic E-state index is 12.7. The lowest BCUT2D eigenvalue weighted by Crippen LogP contribution is -2.35. The minimum atomic E-state index is -0.258. The number of esters is 1. The molecule has 2 aliphatic carbocycles. The Morgan fingerprint density at radius 2 is 2.18 bits per heavy atom. The number of rotatable bonds is 4. The number of ether oxygens (including phenoxy) is 2. The molecule has 3 fully saturated rings. The van der Waals surface area contributed by atoms with E-state index in [1.165, 1.54) is 0 Å². The van der Waals surface area contributed by atoms with Crippen LogP contribution in [0, 0.1) is 23.7 Å². The molecule has 116 valence electrons. The molecule has 4 rings (SSSR count). The molecule has 5 nitrogen and oxygen atoms in total. The highest BCUT2D eigenvalue weighted by Crippen LogP contribution is 2.57. The fourth-order valence-electron chi connectivity index (χ4n) is 4.43. The molecule has 1 heterocycles. The van der Waals surface area contributed by atoms with Crippen molar-refractivity contribution in [2.24, 2.45) is 23.7 Å². The highest BCUT2D eigenvalue weighted by atomic mass is 16.6. The summed E-state index contributed by atoms with van der Waals surface area (Å²) in [5.41, 5.74) is 0.667. The lowest BCUT2D eigenvalue weighted by atomic mass is 9.79. The van der Waals surface area contributed by atoms with Crippen LogP contribution in [-0.4, -0.2) is 24.6 Å². The zero-order valence-corrected chi connectivity index (χ0v) is 12.5. The first-order chi connectivity index (χ1) is 10.7. The number of nitrogens with one attached hydrogen (secondary N) is 1. The van der Waals surface area contributed by atoms with Gasteiger partial charge in [0.25, 0.3) is 0 Å². The Bertz CT molecular complexity index is 627.